The van der Waals surface area contributed by atoms with Gasteiger partial charge in [0.15, 0.2) is 0 Å². The van der Waals surface area contributed by atoms with Crippen molar-refractivity contribution in [2.45, 2.75) is 53.4 Å². The molecule has 0 N–H and O–H groups in total. The van der Waals surface area contributed by atoms with Crippen LogP contribution in [0.2, 0.25) is 0 Å². The minimum absolute atomic E-state index is 0.335. The van der Waals surface area contributed by atoms with Crippen molar-refractivity contribution in [1.82, 2.24) is 0 Å². The van der Waals surface area contributed by atoms with Crippen molar-refractivity contribution in [3.8, 4) is 0 Å². The van der Waals surface area contributed by atoms with E-state index in [0.717, 1.165) is 0 Å². The van der Waals surface area contributed by atoms with Crippen LogP contribution < -0.4 is 0 Å². The first kappa shape index (κ1) is 29.8. The molecule has 6 heteroatoms. The van der Waals surface area contributed by atoms with E-state index in [9.17, 15) is 0 Å². The summed E-state index contributed by atoms with van der Waals surface area (Å²) in [5, 5.41) is 0. The molecule has 0 aliphatic rings. The zero-order valence-electron chi connectivity index (χ0n) is 16.0. The van der Waals surface area contributed by atoms with E-state index in [4.69, 9.17) is 0 Å². The molecule has 0 amide bonds. The topological polar surface area (TPSA) is 0 Å². The standard InChI is InChI=1S/2C10H14.4BrH.2Ru/c2*1-8(2)10-6-4-9(3)5-7-10;;;;;;/h2*4-8H,1-3H3;4*1H;;/q;;;;;;2*+2/p-4. The maximum absolute atomic E-state index is 3.15. The fourth-order valence-electron chi connectivity index (χ4n) is 1.90. The Morgan fingerprint density at radius 2 is 0.731 bits per heavy atom. The van der Waals surface area contributed by atoms with Gasteiger partial charge in [0.25, 0.3) is 0 Å². The van der Waals surface area contributed by atoms with Gasteiger partial charge in [0.1, 0.15) is 0 Å². The van der Waals surface area contributed by atoms with Gasteiger partial charge in [-0.25, -0.2) is 0 Å². The first-order chi connectivity index (χ1) is 12.2. The molecule has 2 aromatic rings. The Morgan fingerprint density at radius 3 is 0.885 bits per heavy atom. The number of hydrogen-bond acceptors (Lipinski definition) is 0. The summed E-state index contributed by atoms with van der Waals surface area (Å²) in [5.41, 5.74) is 5.52. The molecule has 0 aliphatic carbocycles. The number of hydrogen-bond donors (Lipinski definition) is 0. The number of aryl methyl sites for hydroxylation is 2. The fraction of sp³-hybridized carbons (Fsp3) is 0.400. The Balaban J connectivity index is 0. The molecular formula is C20H28Br4Ru2. The summed E-state index contributed by atoms with van der Waals surface area (Å²) in [7, 11) is 0. The SMILES string of the molecule is Cc1ccc(C(C)C)cc1.Cc1ccc(C(C)C)cc1.[Br][Ru][Br].[Br][Ru][Br]. The van der Waals surface area contributed by atoms with E-state index in [0.29, 0.717) is 38.3 Å². The van der Waals surface area contributed by atoms with Crippen molar-refractivity contribution in [1.29, 1.82) is 0 Å². The zero-order chi connectivity index (χ0) is 20.5. The predicted octanol–water partition coefficient (Wildman–Crippen LogP) is 9.61. The molecule has 152 valence electrons. The van der Waals surface area contributed by atoms with Gasteiger partial charge in [-0.05, 0) is 36.8 Å². The average Bonchev–Trinajstić information content (AvgIpc) is 2.58. The molecule has 0 fully saturated rings. The quantitative estimate of drug-likeness (QED) is 0.266. The molecule has 0 nitrogen and oxygen atoms in total. The van der Waals surface area contributed by atoms with Crippen LogP contribution in [0.4, 0.5) is 0 Å². The molecule has 0 aromatic heterocycles. The van der Waals surface area contributed by atoms with Crippen LogP contribution in [-0.2, 0) is 26.4 Å². The molecule has 0 atom stereocenters. The molecule has 0 spiro atoms. The Kier molecular flexibility index (Phi) is 22.8. The molecule has 2 rings (SSSR count). The van der Waals surface area contributed by atoms with Crippen LogP contribution in [0.5, 0.6) is 0 Å². The van der Waals surface area contributed by atoms with E-state index in [2.05, 4.69) is 145 Å². The van der Waals surface area contributed by atoms with Gasteiger partial charge in [-0.1, -0.05) is 87.4 Å². The molecule has 0 saturated heterocycles. The molecule has 0 saturated carbocycles. The van der Waals surface area contributed by atoms with Gasteiger partial charge in [0, 0.05) is 0 Å². The molecule has 0 unspecified atom stereocenters. The Labute approximate surface area is 202 Å². The van der Waals surface area contributed by atoms with Crippen LogP contribution in [0.1, 0.15) is 61.8 Å². The maximum atomic E-state index is 3.15. The molecule has 2 aromatic carbocycles. The third-order valence-electron chi connectivity index (χ3n) is 3.49. The molecule has 0 radical (unpaired) electrons. The molecule has 0 heterocycles. The van der Waals surface area contributed by atoms with Crippen molar-refractivity contribution >= 4 is 54.5 Å². The summed E-state index contributed by atoms with van der Waals surface area (Å²) >= 11 is 13.3. The Morgan fingerprint density at radius 1 is 0.538 bits per heavy atom. The fourth-order valence-corrected chi connectivity index (χ4v) is 1.90. The minimum atomic E-state index is 0.335. The van der Waals surface area contributed by atoms with Crippen molar-refractivity contribution in [3.05, 3.63) is 70.8 Å². The van der Waals surface area contributed by atoms with E-state index in [1.165, 1.54) is 22.3 Å². The van der Waals surface area contributed by atoms with Gasteiger partial charge in [0.2, 0.25) is 0 Å². The second-order valence-electron chi connectivity index (χ2n) is 6.23. The normalized spacial score (nSPS) is 9.69. The molecular weight excluding hydrogens is 762 g/mol. The van der Waals surface area contributed by atoms with Crippen molar-refractivity contribution in [2.75, 3.05) is 0 Å². The van der Waals surface area contributed by atoms with Crippen molar-refractivity contribution < 1.29 is 26.4 Å². The number of halogens is 4. The van der Waals surface area contributed by atoms with Crippen LogP contribution in [0, 0.1) is 13.8 Å². The summed E-state index contributed by atoms with van der Waals surface area (Å²) in [6, 6.07) is 17.4. The molecule has 0 aliphatic heterocycles. The number of rotatable bonds is 2. The third-order valence-corrected chi connectivity index (χ3v) is 3.49. The van der Waals surface area contributed by atoms with Crippen molar-refractivity contribution in [3.63, 3.8) is 0 Å². The first-order valence-electron chi connectivity index (χ1n) is 8.06. The zero-order valence-corrected chi connectivity index (χ0v) is 25.8. The average molecular weight is 790 g/mol. The van der Waals surface area contributed by atoms with E-state index in [1.807, 2.05) is 0 Å². The first-order valence-corrected chi connectivity index (χ1v) is 24.0. The second-order valence-corrected chi connectivity index (χ2v) is 22.3. The predicted molar refractivity (Wildman–Crippen MR) is 126 cm³/mol. The van der Waals surface area contributed by atoms with Crippen LogP contribution in [0.3, 0.4) is 0 Å². The molecule has 0 bridgehead atoms. The Hall–Kier alpha value is 1.61. The summed E-state index contributed by atoms with van der Waals surface area (Å²) < 4.78 is 0. The van der Waals surface area contributed by atoms with E-state index in [-0.39, 0.29) is 0 Å². The van der Waals surface area contributed by atoms with Crippen LogP contribution in [0.25, 0.3) is 0 Å². The summed E-state index contributed by atoms with van der Waals surface area (Å²) in [4.78, 5) is 0. The number of benzene rings is 2. The summed E-state index contributed by atoms with van der Waals surface area (Å²) in [6.45, 7) is 13.1. The van der Waals surface area contributed by atoms with Gasteiger partial charge in [0.05, 0.1) is 0 Å². The second kappa shape index (κ2) is 19.9. The summed E-state index contributed by atoms with van der Waals surface area (Å²) in [6.07, 6.45) is 0. The van der Waals surface area contributed by atoms with Crippen LogP contribution in [0.15, 0.2) is 48.5 Å². The van der Waals surface area contributed by atoms with Gasteiger partial charge in [-0.2, -0.15) is 0 Å². The summed E-state index contributed by atoms with van der Waals surface area (Å²) in [5.74, 6) is 1.31. The molecule has 26 heavy (non-hydrogen) atoms. The van der Waals surface area contributed by atoms with Crippen LogP contribution >= 0.6 is 54.5 Å². The van der Waals surface area contributed by atoms with Crippen LogP contribution in [-0.4, -0.2) is 0 Å². The van der Waals surface area contributed by atoms with Gasteiger partial charge in [-0.3, -0.25) is 0 Å². The van der Waals surface area contributed by atoms with Gasteiger partial charge in [-0.15, -0.1) is 0 Å². The van der Waals surface area contributed by atoms with E-state index >= 15 is 0 Å². The van der Waals surface area contributed by atoms with E-state index < -0.39 is 0 Å². The van der Waals surface area contributed by atoms with Gasteiger partial charge >= 0.3 is 80.9 Å². The van der Waals surface area contributed by atoms with Crippen molar-refractivity contribution in [2.24, 2.45) is 0 Å². The van der Waals surface area contributed by atoms with Gasteiger partial charge < -0.3 is 0 Å². The Bertz CT molecular complexity index is 489. The third kappa shape index (κ3) is 17.7. The van der Waals surface area contributed by atoms with E-state index in [1.54, 1.807) is 0 Å². The monoisotopic (exact) mass is 788 g/mol.